The van der Waals surface area contributed by atoms with Crippen molar-refractivity contribution >= 4 is 27.9 Å². The highest BCUT2D eigenvalue weighted by atomic mass is 35.5. The van der Waals surface area contributed by atoms with Crippen LogP contribution in [0.25, 0.3) is 16.2 Å². The standard InChI is InChI=1S/C14H14ClN3S/c1-9-6-10(2-3-12(9)15)13-8-19-14-17-7-11(4-5-16)18(13)14/h2-3,6-8H,4-5,16H2,1H3. The van der Waals surface area contributed by atoms with E-state index in [-0.39, 0.29) is 0 Å². The van der Waals surface area contributed by atoms with Crippen LogP contribution < -0.4 is 5.73 Å². The third-order valence-electron chi connectivity index (χ3n) is 3.17. The van der Waals surface area contributed by atoms with Crippen LogP contribution in [0.3, 0.4) is 0 Å². The molecule has 0 amide bonds. The number of fused-ring (bicyclic) bond motifs is 1. The molecule has 0 fully saturated rings. The van der Waals surface area contributed by atoms with Gasteiger partial charge in [-0.15, -0.1) is 11.3 Å². The highest BCUT2D eigenvalue weighted by Crippen LogP contribution is 2.29. The van der Waals surface area contributed by atoms with Crippen molar-refractivity contribution in [3.8, 4) is 11.3 Å². The van der Waals surface area contributed by atoms with Crippen LogP contribution in [0, 0.1) is 6.92 Å². The van der Waals surface area contributed by atoms with Gasteiger partial charge in [-0.05, 0) is 36.7 Å². The third kappa shape index (κ3) is 2.16. The fraction of sp³-hybridized carbons (Fsp3) is 0.214. The van der Waals surface area contributed by atoms with Gasteiger partial charge in [-0.25, -0.2) is 4.98 Å². The molecule has 2 heterocycles. The van der Waals surface area contributed by atoms with Gasteiger partial charge in [-0.2, -0.15) is 0 Å². The lowest BCUT2D eigenvalue weighted by Crippen LogP contribution is -2.05. The van der Waals surface area contributed by atoms with Gasteiger partial charge in [-0.3, -0.25) is 4.40 Å². The zero-order valence-electron chi connectivity index (χ0n) is 10.6. The van der Waals surface area contributed by atoms with Crippen molar-refractivity contribution in [1.29, 1.82) is 0 Å². The third-order valence-corrected chi connectivity index (χ3v) is 4.44. The van der Waals surface area contributed by atoms with E-state index < -0.39 is 0 Å². The van der Waals surface area contributed by atoms with Crippen LogP contribution in [0.2, 0.25) is 5.02 Å². The number of benzene rings is 1. The van der Waals surface area contributed by atoms with Crippen LogP contribution >= 0.6 is 22.9 Å². The lowest BCUT2D eigenvalue weighted by atomic mass is 10.1. The first-order valence-corrected chi connectivity index (χ1v) is 7.37. The molecule has 5 heteroatoms. The van der Waals surface area contributed by atoms with E-state index in [1.165, 1.54) is 0 Å². The van der Waals surface area contributed by atoms with Gasteiger partial charge in [0.25, 0.3) is 0 Å². The van der Waals surface area contributed by atoms with Crippen molar-refractivity contribution < 1.29 is 0 Å². The molecule has 0 radical (unpaired) electrons. The smallest absolute Gasteiger partial charge is 0.194 e. The van der Waals surface area contributed by atoms with Gasteiger partial charge < -0.3 is 5.73 Å². The summed E-state index contributed by atoms with van der Waals surface area (Å²) >= 11 is 7.73. The van der Waals surface area contributed by atoms with Crippen molar-refractivity contribution in [2.75, 3.05) is 6.54 Å². The predicted octanol–water partition coefficient (Wildman–Crippen LogP) is 3.53. The number of rotatable bonds is 3. The lowest BCUT2D eigenvalue weighted by Gasteiger charge is -2.05. The Kier molecular flexibility index (Phi) is 3.31. The van der Waals surface area contributed by atoms with E-state index in [2.05, 4.69) is 20.8 Å². The van der Waals surface area contributed by atoms with E-state index in [1.54, 1.807) is 11.3 Å². The molecule has 0 atom stereocenters. The Hall–Kier alpha value is -1.36. The van der Waals surface area contributed by atoms with Gasteiger partial charge in [0, 0.05) is 22.5 Å². The minimum atomic E-state index is 0.628. The van der Waals surface area contributed by atoms with Gasteiger partial charge in [0.1, 0.15) is 0 Å². The van der Waals surface area contributed by atoms with Crippen LogP contribution in [-0.2, 0) is 6.42 Å². The number of thiazole rings is 1. The van der Waals surface area contributed by atoms with Crippen LogP contribution in [0.4, 0.5) is 0 Å². The molecule has 0 aliphatic heterocycles. The Balaban J connectivity index is 2.18. The van der Waals surface area contributed by atoms with Gasteiger partial charge in [0.2, 0.25) is 0 Å². The normalized spacial score (nSPS) is 11.3. The average molecular weight is 292 g/mol. The molecule has 1 aromatic carbocycles. The summed E-state index contributed by atoms with van der Waals surface area (Å²) in [5.74, 6) is 0. The second-order valence-electron chi connectivity index (χ2n) is 4.49. The van der Waals surface area contributed by atoms with Gasteiger partial charge in [0.15, 0.2) is 4.96 Å². The number of nitrogens with zero attached hydrogens (tertiary/aromatic N) is 2. The summed E-state index contributed by atoms with van der Waals surface area (Å²) in [6.07, 6.45) is 2.74. The zero-order valence-corrected chi connectivity index (χ0v) is 12.1. The Morgan fingerprint density at radius 3 is 3.00 bits per heavy atom. The molecule has 19 heavy (non-hydrogen) atoms. The molecule has 0 bridgehead atoms. The molecule has 0 aliphatic carbocycles. The SMILES string of the molecule is Cc1cc(-c2csc3ncc(CCN)n23)ccc1Cl. The summed E-state index contributed by atoms with van der Waals surface area (Å²) in [5.41, 5.74) is 10.2. The van der Waals surface area contributed by atoms with E-state index in [1.807, 2.05) is 25.3 Å². The summed E-state index contributed by atoms with van der Waals surface area (Å²) in [6, 6.07) is 6.09. The highest BCUT2D eigenvalue weighted by molar-refractivity contribution is 7.15. The topological polar surface area (TPSA) is 43.3 Å². The van der Waals surface area contributed by atoms with E-state index in [4.69, 9.17) is 17.3 Å². The maximum atomic E-state index is 6.09. The van der Waals surface area contributed by atoms with Gasteiger partial charge in [-0.1, -0.05) is 17.7 Å². The number of halogens is 1. The van der Waals surface area contributed by atoms with Crippen LogP contribution in [0.1, 0.15) is 11.3 Å². The largest absolute Gasteiger partial charge is 0.330 e. The second kappa shape index (κ2) is 4.96. The summed E-state index contributed by atoms with van der Waals surface area (Å²) < 4.78 is 2.18. The van der Waals surface area contributed by atoms with Crippen LogP contribution in [0.5, 0.6) is 0 Å². The maximum Gasteiger partial charge on any atom is 0.194 e. The Bertz CT molecular complexity index is 729. The maximum absolute atomic E-state index is 6.09. The van der Waals surface area contributed by atoms with Crippen LogP contribution in [-0.4, -0.2) is 15.9 Å². The van der Waals surface area contributed by atoms with Gasteiger partial charge in [0.05, 0.1) is 11.9 Å². The summed E-state index contributed by atoms with van der Waals surface area (Å²) in [5, 5.41) is 2.92. The number of nitrogens with two attached hydrogens (primary N) is 1. The molecule has 0 saturated heterocycles. The quantitative estimate of drug-likeness (QED) is 0.802. The molecule has 3 rings (SSSR count). The van der Waals surface area contributed by atoms with E-state index in [9.17, 15) is 0 Å². The van der Waals surface area contributed by atoms with Crippen molar-refractivity contribution in [2.24, 2.45) is 5.73 Å². The Labute approximate surface area is 120 Å². The zero-order chi connectivity index (χ0) is 13.4. The summed E-state index contributed by atoms with van der Waals surface area (Å²) in [4.78, 5) is 5.43. The molecule has 0 aliphatic rings. The Morgan fingerprint density at radius 1 is 1.42 bits per heavy atom. The lowest BCUT2D eigenvalue weighted by molar-refractivity contribution is 0.911. The molecule has 2 aromatic heterocycles. The van der Waals surface area contributed by atoms with Crippen molar-refractivity contribution in [1.82, 2.24) is 9.38 Å². The molecule has 0 unspecified atom stereocenters. The second-order valence-corrected chi connectivity index (χ2v) is 5.73. The van der Waals surface area contributed by atoms with Crippen molar-refractivity contribution in [3.05, 3.63) is 46.1 Å². The van der Waals surface area contributed by atoms with Gasteiger partial charge >= 0.3 is 0 Å². The average Bonchev–Trinajstić information content (AvgIpc) is 2.96. The molecule has 2 N–H and O–H groups in total. The number of aryl methyl sites for hydroxylation is 1. The first-order valence-electron chi connectivity index (χ1n) is 6.11. The molecule has 0 spiro atoms. The number of imidazole rings is 1. The fourth-order valence-corrected chi connectivity index (χ4v) is 3.21. The van der Waals surface area contributed by atoms with E-state index >= 15 is 0 Å². The fourth-order valence-electron chi connectivity index (χ4n) is 2.20. The number of aromatic nitrogens is 2. The molecule has 98 valence electrons. The molecular weight excluding hydrogens is 278 g/mol. The first kappa shape index (κ1) is 12.7. The van der Waals surface area contributed by atoms with Crippen LogP contribution in [0.15, 0.2) is 29.8 Å². The summed E-state index contributed by atoms with van der Waals surface area (Å²) in [6.45, 7) is 2.65. The van der Waals surface area contributed by atoms with Crippen molar-refractivity contribution in [2.45, 2.75) is 13.3 Å². The first-order chi connectivity index (χ1) is 9.20. The molecule has 3 nitrogen and oxygen atoms in total. The monoisotopic (exact) mass is 291 g/mol. The molecule has 0 saturated carbocycles. The number of hydrogen-bond acceptors (Lipinski definition) is 3. The molecular formula is C14H14ClN3S. The minimum Gasteiger partial charge on any atom is -0.330 e. The summed E-state index contributed by atoms with van der Waals surface area (Å²) in [7, 11) is 0. The van der Waals surface area contributed by atoms with E-state index in [0.717, 1.165) is 38.9 Å². The highest BCUT2D eigenvalue weighted by Gasteiger charge is 2.11. The van der Waals surface area contributed by atoms with E-state index in [0.29, 0.717) is 6.54 Å². The van der Waals surface area contributed by atoms with Crippen molar-refractivity contribution in [3.63, 3.8) is 0 Å². The number of hydrogen-bond donors (Lipinski definition) is 1. The minimum absolute atomic E-state index is 0.628. The predicted molar refractivity (Wildman–Crippen MR) is 81.0 cm³/mol. The molecule has 3 aromatic rings. The Morgan fingerprint density at radius 2 is 2.26 bits per heavy atom.